The quantitative estimate of drug-likeness (QED) is 0.597. The van der Waals surface area contributed by atoms with Gasteiger partial charge in [0, 0.05) is 37.9 Å². The van der Waals surface area contributed by atoms with Gasteiger partial charge < -0.3 is 5.11 Å². The summed E-state index contributed by atoms with van der Waals surface area (Å²) in [6.45, 7) is 4.67. The SMILES string of the molecule is CCC1(c2ccc(F)c(NS(=O)(=O)C3CC3)c2)C2CN(CC3(O)Cc4ccccc4C3)CC21.Cl. The Hall–Kier alpha value is -1.67. The van der Waals surface area contributed by atoms with Crippen LogP contribution in [0.5, 0.6) is 0 Å². The highest BCUT2D eigenvalue weighted by molar-refractivity contribution is 7.93. The Bertz CT molecular complexity index is 1180. The summed E-state index contributed by atoms with van der Waals surface area (Å²) in [4.78, 5) is 2.38. The topological polar surface area (TPSA) is 69.6 Å². The minimum atomic E-state index is -3.51. The number of rotatable bonds is 7. The summed E-state index contributed by atoms with van der Waals surface area (Å²) < 4.78 is 41.7. The molecule has 6 rings (SSSR count). The third-order valence-electron chi connectivity index (χ3n) is 8.59. The summed E-state index contributed by atoms with van der Waals surface area (Å²) in [5.74, 6) is 0.381. The van der Waals surface area contributed by atoms with Crippen LogP contribution >= 0.6 is 12.4 Å². The summed E-state index contributed by atoms with van der Waals surface area (Å²) in [6.07, 6.45) is 3.64. The van der Waals surface area contributed by atoms with E-state index >= 15 is 0 Å². The van der Waals surface area contributed by atoms with Gasteiger partial charge in [-0.2, -0.15) is 0 Å². The van der Waals surface area contributed by atoms with Crippen LogP contribution in [0.3, 0.4) is 0 Å². The van der Waals surface area contributed by atoms with Crippen LogP contribution in [-0.4, -0.2) is 48.9 Å². The molecule has 0 spiro atoms. The van der Waals surface area contributed by atoms with Crippen molar-refractivity contribution in [3.05, 3.63) is 65.0 Å². The van der Waals surface area contributed by atoms with E-state index in [0.717, 1.165) is 25.1 Å². The van der Waals surface area contributed by atoms with Crippen LogP contribution in [0.15, 0.2) is 42.5 Å². The normalized spacial score (nSPS) is 29.3. The third-order valence-corrected chi connectivity index (χ3v) is 10.4. The molecule has 2 atom stereocenters. The predicted octanol–water partition coefficient (Wildman–Crippen LogP) is 3.89. The lowest BCUT2D eigenvalue weighted by molar-refractivity contribution is 0.0139. The van der Waals surface area contributed by atoms with Gasteiger partial charge in [-0.1, -0.05) is 37.3 Å². The molecule has 0 radical (unpaired) electrons. The average Bonchev–Trinajstić information content (AvgIpc) is 3.64. The molecule has 5 nitrogen and oxygen atoms in total. The van der Waals surface area contributed by atoms with Crippen molar-refractivity contribution >= 4 is 28.1 Å². The predicted molar refractivity (Wildman–Crippen MR) is 133 cm³/mol. The molecule has 0 amide bonds. The number of halogens is 2. The lowest BCUT2D eigenvalue weighted by Crippen LogP contribution is -2.45. The Balaban J connectivity index is 0.00000241. The highest BCUT2D eigenvalue weighted by atomic mass is 35.5. The number of fused-ring (bicyclic) bond motifs is 2. The smallest absolute Gasteiger partial charge is 0.235 e. The lowest BCUT2D eigenvalue weighted by Gasteiger charge is -2.32. The molecule has 34 heavy (non-hydrogen) atoms. The van der Waals surface area contributed by atoms with Crippen molar-refractivity contribution in [2.24, 2.45) is 11.8 Å². The average molecular weight is 507 g/mol. The molecule has 4 aliphatic rings. The van der Waals surface area contributed by atoms with Crippen molar-refractivity contribution in [3.63, 3.8) is 0 Å². The van der Waals surface area contributed by atoms with E-state index in [0.29, 0.717) is 44.1 Å². The first-order chi connectivity index (χ1) is 15.7. The van der Waals surface area contributed by atoms with Gasteiger partial charge in [-0.05, 0) is 59.9 Å². The summed E-state index contributed by atoms with van der Waals surface area (Å²) in [5, 5.41) is 10.9. The second kappa shape index (κ2) is 8.19. The molecule has 3 aliphatic carbocycles. The first-order valence-corrected chi connectivity index (χ1v) is 13.6. The van der Waals surface area contributed by atoms with Crippen LogP contribution in [-0.2, 0) is 28.3 Å². The Morgan fingerprint density at radius 1 is 1.09 bits per heavy atom. The third kappa shape index (κ3) is 3.85. The summed E-state index contributed by atoms with van der Waals surface area (Å²) >= 11 is 0. The van der Waals surface area contributed by atoms with Crippen molar-refractivity contribution in [1.82, 2.24) is 4.90 Å². The number of nitrogens with one attached hydrogen (secondary N) is 1. The summed E-state index contributed by atoms with van der Waals surface area (Å²) in [6, 6.07) is 13.3. The molecule has 0 aromatic heterocycles. The summed E-state index contributed by atoms with van der Waals surface area (Å²) in [5.41, 5.74) is 2.86. The second-order valence-corrected chi connectivity index (χ2v) is 12.6. The van der Waals surface area contributed by atoms with Crippen LogP contribution in [0.25, 0.3) is 0 Å². The number of anilines is 1. The van der Waals surface area contributed by atoms with E-state index in [1.165, 1.54) is 17.2 Å². The van der Waals surface area contributed by atoms with Gasteiger partial charge in [-0.3, -0.25) is 9.62 Å². The van der Waals surface area contributed by atoms with Crippen LogP contribution in [0, 0.1) is 17.7 Å². The molecular formula is C26H32ClFN2O3S. The van der Waals surface area contributed by atoms with Gasteiger partial charge in [-0.25, -0.2) is 12.8 Å². The zero-order chi connectivity index (χ0) is 23.0. The Morgan fingerprint density at radius 2 is 1.71 bits per heavy atom. The molecule has 3 fully saturated rings. The lowest BCUT2D eigenvalue weighted by atomic mass is 9.87. The van der Waals surface area contributed by atoms with Gasteiger partial charge >= 0.3 is 0 Å². The molecule has 1 saturated heterocycles. The van der Waals surface area contributed by atoms with E-state index in [1.54, 1.807) is 6.07 Å². The minimum absolute atomic E-state index is 0. The van der Waals surface area contributed by atoms with Crippen molar-refractivity contribution in [3.8, 4) is 0 Å². The number of hydrogen-bond acceptors (Lipinski definition) is 4. The Labute approximate surface area is 207 Å². The maximum atomic E-state index is 14.5. The number of benzene rings is 2. The zero-order valence-electron chi connectivity index (χ0n) is 19.3. The molecule has 2 aromatic carbocycles. The minimum Gasteiger partial charge on any atom is -0.388 e. The molecule has 2 aromatic rings. The van der Waals surface area contributed by atoms with Crippen molar-refractivity contribution in [1.29, 1.82) is 0 Å². The zero-order valence-corrected chi connectivity index (χ0v) is 21.0. The molecule has 1 heterocycles. The molecule has 2 N–H and O–H groups in total. The van der Waals surface area contributed by atoms with Gasteiger partial charge in [-0.15, -0.1) is 12.4 Å². The second-order valence-electron chi connectivity index (χ2n) is 10.7. The van der Waals surface area contributed by atoms with Crippen molar-refractivity contribution in [2.75, 3.05) is 24.4 Å². The number of sulfonamides is 1. The van der Waals surface area contributed by atoms with Gasteiger partial charge in [0.2, 0.25) is 10.0 Å². The van der Waals surface area contributed by atoms with E-state index in [4.69, 9.17) is 0 Å². The van der Waals surface area contributed by atoms with Gasteiger partial charge in [0.05, 0.1) is 16.5 Å². The molecular weight excluding hydrogens is 475 g/mol. The van der Waals surface area contributed by atoms with Crippen molar-refractivity contribution in [2.45, 2.75) is 55.3 Å². The maximum Gasteiger partial charge on any atom is 0.235 e. The standard InChI is InChI=1S/C26H31FN2O3S.ClH/c1-2-26(19-7-10-23(27)24(11-19)28-33(31,32)20-8-9-20)21-14-29(15-22(21)26)16-25(30)12-17-5-3-4-6-18(17)13-25;/h3-7,10-11,20-22,28,30H,2,8-9,12-16H2,1H3;1H. The van der Waals surface area contributed by atoms with Gasteiger partial charge in [0.15, 0.2) is 0 Å². The summed E-state index contributed by atoms with van der Waals surface area (Å²) in [7, 11) is -3.51. The highest BCUT2D eigenvalue weighted by Crippen LogP contribution is 2.65. The van der Waals surface area contributed by atoms with Gasteiger partial charge in [0.25, 0.3) is 0 Å². The molecule has 1 aliphatic heterocycles. The number of nitrogens with zero attached hydrogens (tertiary/aromatic N) is 1. The monoisotopic (exact) mass is 506 g/mol. The highest BCUT2D eigenvalue weighted by Gasteiger charge is 2.67. The molecule has 2 saturated carbocycles. The van der Waals surface area contributed by atoms with Crippen LogP contribution in [0.1, 0.15) is 42.9 Å². The van der Waals surface area contributed by atoms with E-state index < -0.39 is 21.4 Å². The fourth-order valence-electron chi connectivity index (χ4n) is 6.81. The van der Waals surface area contributed by atoms with E-state index in [-0.39, 0.29) is 28.8 Å². The van der Waals surface area contributed by atoms with Crippen LogP contribution < -0.4 is 4.72 Å². The molecule has 0 bridgehead atoms. The number of likely N-dealkylation sites (tertiary alicyclic amines) is 1. The van der Waals surface area contributed by atoms with Crippen LogP contribution in [0.2, 0.25) is 0 Å². The number of hydrogen-bond donors (Lipinski definition) is 2. The first-order valence-electron chi connectivity index (χ1n) is 12.1. The van der Waals surface area contributed by atoms with Crippen molar-refractivity contribution < 1.29 is 17.9 Å². The number of aliphatic hydroxyl groups is 1. The van der Waals surface area contributed by atoms with E-state index in [9.17, 15) is 17.9 Å². The molecule has 184 valence electrons. The van der Waals surface area contributed by atoms with Crippen LogP contribution in [0.4, 0.5) is 10.1 Å². The fourth-order valence-corrected chi connectivity index (χ4v) is 8.20. The molecule has 8 heteroatoms. The number of β-amino-alcohol motifs (C(OH)–C–C–N with tert-alkyl or cyclic N) is 1. The largest absolute Gasteiger partial charge is 0.388 e. The molecule has 2 unspecified atom stereocenters. The number of piperidine rings is 1. The Morgan fingerprint density at radius 3 is 2.26 bits per heavy atom. The Kier molecular flexibility index (Phi) is 5.79. The first kappa shape index (κ1) is 24.0. The van der Waals surface area contributed by atoms with E-state index in [1.807, 2.05) is 18.2 Å². The van der Waals surface area contributed by atoms with E-state index in [2.05, 4.69) is 28.7 Å². The maximum absolute atomic E-state index is 14.5. The van der Waals surface area contributed by atoms with Gasteiger partial charge in [0.1, 0.15) is 5.82 Å². The fraction of sp³-hybridized carbons (Fsp3) is 0.538.